The Labute approximate surface area is 123 Å². The van der Waals surface area contributed by atoms with Crippen LogP contribution in [0.2, 0.25) is 0 Å². The SMILES string of the molecule is Cc1ccc(/C=C(/C#N)c2nc(N)nc(N(C)C)n2)cc1. The topological polar surface area (TPSA) is 91.7 Å². The average Bonchev–Trinajstić information content (AvgIpc) is 2.46. The number of benzene rings is 1. The van der Waals surface area contributed by atoms with Gasteiger partial charge >= 0.3 is 0 Å². The second kappa shape index (κ2) is 6.01. The zero-order valence-electron chi connectivity index (χ0n) is 12.2. The molecule has 1 heterocycles. The molecule has 0 aliphatic heterocycles. The Balaban J connectivity index is 2.46. The van der Waals surface area contributed by atoms with Crippen molar-refractivity contribution in [2.24, 2.45) is 0 Å². The van der Waals surface area contributed by atoms with E-state index < -0.39 is 0 Å². The smallest absolute Gasteiger partial charge is 0.230 e. The lowest BCUT2D eigenvalue weighted by Crippen LogP contribution is -2.15. The Morgan fingerprint density at radius 2 is 1.86 bits per heavy atom. The summed E-state index contributed by atoms with van der Waals surface area (Å²) >= 11 is 0. The molecular formula is C15H16N6. The van der Waals surface area contributed by atoms with E-state index in [0.29, 0.717) is 11.5 Å². The van der Waals surface area contributed by atoms with E-state index in [1.54, 1.807) is 25.1 Å². The van der Waals surface area contributed by atoms with Crippen LogP contribution in [0.15, 0.2) is 24.3 Å². The van der Waals surface area contributed by atoms with Crippen LogP contribution >= 0.6 is 0 Å². The number of allylic oxidation sites excluding steroid dienone is 1. The molecule has 0 amide bonds. The van der Waals surface area contributed by atoms with Gasteiger partial charge in [-0.1, -0.05) is 29.8 Å². The Morgan fingerprint density at radius 1 is 1.19 bits per heavy atom. The van der Waals surface area contributed by atoms with Crippen LogP contribution in [0.4, 0.5) is 11.9 Å². The summed E-state index contributed by atoms with van der Waals surface area (Å²) in [6, 6.07) is 9.94. The van der Waals surface area contributed by atoms with Gasteiger partial charge in [-0.25, -0.2) is 0 Å². The van der Waals surface area contributed by atoms with Gasteiger partial charge in [-0.3, -0.25) is 0 Å². The largest absolute Gasteiger partial charge is 0.368 e. The van der Waals surface area contributed by atoms with Crippen molar-refractivity contribution in [1.29, 1.82) is 5.26 Å². The number of rotatable bonds is 3. The molecule has 2 rings (SSSR count). The third-order valence-corrected chi connectivity index (χ3v) is 2.79. The van der Waals surface area contributed by atoms with E-state index in [4.69, 9.17) is 5.73 Å². The normalized spacial score (nSPS) is 11.0. The molecule has 21 heavy (non-hydrogen) atoms. The minimum absolute atomic E-state index is 0.0914. The molecule has 0 aliphatic carbocycles. The van der Waals surface area contributed by atoms with Gasteiger partial charge in [0.15, 0.2) is 5.82 Å². The molecular weight excluding hydrogens is 264 g/mol. The number of nitrogens with two attached hydrogens (primary N) is 1. The van der Waals surface area contributed by atoms with Crippen molar-refractivity contribution in [2.45, 2.75) is 6.92 Å². The summed E-state index contributed by atoms with van der Waals surface area (Å²) in [7, 11) is 3.60. The third-order valence-electron chi connectivity index (χ3n) is 2.79. The van der Waals surface area contributed by atoms with E-state index in [1.807, 2.05) is 31.2 Å². The molecule has 2 N–H and O–H groups in total. The first-order chi connectivity index (χ1) is 9.99. The van der Waals surface area contributed by atoms with Gasteiger partial charge in [-0.2, -0.15) is 20.2 Å². The fourth-order valence-corrected chi connectivity index (χ4v) is 1.68. The van der Waals surface area contributed by atoms with Crippen LogP contribution in [0.5, 0.6) is 0 Å². The molecule has 0 aliphatic rings. The van der Waals surface area contributed by atoms with Crippen LogP contribution in [0, 0.1) is 18.3 Å². The summed E-state index contributed by atoms with van der Waals surface area (Å²) in [6.45, 7) is 2.01. The number of aryl methyl sites for hydroxylation is 1. The highest BCUT2D eigenvalue weighted by Crippen LogP contribution is 2.17. The number of hydrogen-bond donors (Lipinski definition) is 1. The summed E-state index contributed by atoms with van der Waals surface area (Å²) in [4.78, 5) is 14.0. The van der Waals surface area contributed by atoms with Crippen LogP contribution in [0.25, 0.3) is 11.6 Å². The molecule has 0 unspecified atom stereocenters. The maximum atomic E-state index is 9.34. The van der Waals surface area contributed by atoms with Crippen molar-refractivity contribution in [3.8, 4) is 6.07 Å². The van der Waals surface area contributed by atoms with Crippen molar-refractivity contribution >= 4 is 23.5 Å². The Bertz CT molecular complexity index is 710. The van der Waals surface area contributed by atoms with Crippen molar-refractivity contribution in [3.05, 3.63) is 41.2 Å². The average molecular weight is 280 g/mol. The Kier molecular flexibility index (Phi) is 4.14. The van der Waals surface area contributed by atoms with Crippen LogP contribution < -0.4 is 10.6 Å². The van der Waals surface area contributed by atoms with Gasteiger partial charge in [0.1, 0.15) is 6.07 Å². The van der Waals surface area contributed by atoms with Gasteiger partial charge in [-0.05, 0) is 18.6 Å². The number of nitrogen functional groups attached to an aromatic ring is 1. The van der Waals surface area contributed by atoms with Crippen molar-refractivity contribution in [2.75, 3.05) is 24.7 Å². The lowest BCUT2D eigenvalue weighted by Gasteiger charge is -2.10. The van der Waals surface area contributed by atoms with E-state index in [0.717, 1.165) is 11.1 Å². The summed E-state index contributed by atoms with van der Waals surface area (Å²) in [6.07, 6.45) is 1.73. The molecule has 0 radical (unpaired) electrons. The highest BCUT2D eigenvalue weighted by Gasteiger charge is 2.10. The first kappa shape index (κ1) is 14.5. The minimum Gasteiger partial charge on any atom is -0.368 e. The van der Waals surface area contributed by atoms with Crippen molar-refractivity contribution in [1.82, 2.24) is 15.0 Å². The highest BCUT2D eigenvalue weighted by molar-refractivity contribution is 5.87. The minimum atomic E-state index is 0.0914. The lowest BCUT2D eigenvalue weighted by molar-refractivity contribution is 0.952. The molecule has 1 aromatic heterocycles. The molecule has 106 valence electrons. The van der Waals surface area contributed by atoms with E-state index in [9.17, 15) is 5.26 Å². The zero-order valence-corrected chi connectivity index (χ0v) is 12.2. The van der Waals surface area contributed by atoms with E-state index >= 15 is 0 Å². The molecule has 6 heteroatoms. The first-order valence-electron chi connectivity index (χ1n) is 6.37. The van der Waals surface area contributed by atoms with E-state index in [-0.39, 0.29) is 11.8 Å². The molecule has 0 bridgehead atoms. The number of aromatic nitrogens is 3. The second-order valence-corrected chi connectivity index (χ2v) is 4.79. The Hall–Kier alpha value is -2.94. The van der Waals surface area contributed by atoms with E-state index in [2.05, 4.69) is 21.0 Å². The van der Waals surface area contributed by atoms with Gasteiger partial charge < -0.3 is 10.6 Å². The quantitative estimate of drug-likeness (QED) is 0.863. The summed E-state index contributed by atoms with van der Waals surface area (Å²) in [5, 5.41) is 9.34. The third kappa shape index (κ3) is 3.54. The van der Waals surface area contributed by atoms with Gasteiger partial charge in [0, 0.05) is 14.1 Å². The van der Waals surface area contributed by atoms with Crippen LogP contribution in [-0.4, -0.2) is 29.0 Å². The molecule has 0 fully saturated rings. The van der Waals surface area contributed by atoms with Gasteiger partial charge in [0.05, 0.1) is 5.57 Å². The second-order valence-electron chi connectivity index (χ2n) is 4.79. The van der Waals surface area contributed by atoms with Crippen LogP contribution in [0.1, 0.15) is 17.0 Å². The molecule has 0 saturated heterocycles. The molecule has 0 atom stereocenters. The molecule has 0 saturated carbocycles. The lowest BCUT2D eigenvalue weighted by atomic mass is 10.1. The number of anilines is 2. The number of nitrogens with zero attached hydrogens (tertiary/aromatic N) is 5. The predicted octanol–water partition coefficient (Wildman–Crippen LogP) is 1.89. The summed E-state index contributed by atoms with van der Waals surface area (Å²) < 4.78 is 0. The van der Waals surface area contributed by atoms with Crippen LogP contribution in [-0.2, 0) is 0 Å². The zero-order chi connectivity index (χ0) is 15.4. The monoisotopic (exact) mass is 280 g/mol. The van der Waals surface area contributed by atoms with Crippen molar-refractivity contribution < 1.29 is 0 Å². The molecule has 1 aromatic carbocycles. The molecule has 2 aromatic rings. The Morgan fingerprint density at radius 3 is 2.43 bits per heavy atom. The van der Waals surface area contributed by atoms with E-state index in [1.165, 1.54) is 0 Å². The summed E-state index contributed by atoms with van der Waals surface area (Å²) in [5.41, 5.74) is 8.08. The van der Waals surface area contributed by atoms with Gasteiger partial charge in [0.2, 0.25) is 11.9 Å². The number of hydrogen-bond acceptors (Lipinski definition) is 6. The van der Waals surface area contributed by atoms with Crippen molar-refractivity contribution in [3.63, 3.8) is 0 Å². The molecule has 6 nitrogen and oxygen atoms in total. The summed E-state index contributed by atoms with van der Waals surface area (Å²) in [5.74, 6) is 0.783. The first-order valence-corrected chi connectivity index (χ1v) is 6.37. The fourth-order valence-electron chi connectivity index (χ4n) is 1.68. The molecule has 0 spiro atoms. The van der Waals surface area contributed by atoms with Crippen LogP contribution in [0.3, 0.4) is 0 Å². The highest BCUT2D eigenvalue weighted by atomic mass is 15.3. The maximum Gasteiger partial charge on any atom is 0.230 e. The van der Waals surface area contributed by atoms with Gasteiger partial charge in [0.25, 0.3) is 0 Å². The standard InChI is InChI=1S/C15H16N6/c1-10-4-6-11(7-5-10)8-12(9-16)13-18-14(17)20-15(19-13)21(2)3/h4-8H,1-3H3,(H2,17,18,19,20)/b12-8-. The maximum absolute atomic E-state index is 9.34. The van der Waals surface area contributed by atoms with Gasteiger partial charge in [-0.15, -0.1) is 0 Å². The predicted molar refractivity (Wildman–Crippen MR) is 83.2 cm³/mol. The fraction of sp³-hybridized carbons (Fsp3) is 0.200. The number of nitriles is 1.